The summed E-state index contributed by atoms with van der Waals surface area (Å²) < 4.78 is 6.12. The zero-order valence-electron chi connectivity index (χ0n) is 9.87. The lowest BCUT2D eigenvalue weighted by Gasteiger charge is -2.22. The molecule has 0 saturated carbocycles. The molecular weight excluding hydrogens is 268 g/mol. The smallest absolute Gasteiger partial charge is 0.0479 e. The van der Waals surface area contributed by atoms with E-state index in [1.165, 1.54) is 5.69 Å². The molecule has 16 heavy (non-hydrogen) atoms. The average Bonchev–Trinajstić information content (AvgIpc) is 2.29. The van der Waals surface area contributed by atoms with Crippen molar-refractivity contribution in [1.82, 2.24) is 0 Å². The number of nitrogens with two attached hydrogens (primary N) is 1. The largest absolute Gasteiger partial charge is 0.385 e. The highest BCUT2D eigenvalue weighted by Gasteiger charge is 2.06. The van der Waals surface area contributed by atoms with Crippen LogP contribution in [0.25, 0.3) is 0 Å². The number of anilines is 1. The average molecular weight is 287 g/mol. The highest BCUT2D eigenvalue weighted by Crippen LogP contribution is 2.23. The summed E-state index contributed by atoms with van der Waals surface area (Å²) in [7, 11) is 3.81. The SMILES string of the molecule is COCCCN(C)c1ccc(Br)cc1CN. The fourth-order valence-corrected chi connectivity index (χ4v) is 2.06. The predicted octanol–water partition coefficient (Wildman–Crippen LogP) is 2.38. The molecular formula is C12H19BrN2O. The lowest BCUT2D eigenvalue weighted by Crippen LogP contribution is -2.21. The van der Waals surface area contributed by atoms with Gasteiger partial charge in [-0.05, 0) is 30.2 Å². The van der Waals surface area contributed by atoms with Gasteiger partial charge in [0.25, 0.3) is 0 Å². The number of hydrogen-bond donors (Lipinski definition) is 1. The molecule has 0 saturated heterocycles. The summed E-state index contributed by atoms with van der Waals surface area (Å²) in [6, 6.07) is 6.21. The molecule has 0 aliphatic rings. The number of benzene rings is 1. The van der Waals surface area contributed by atoms with E-state index in [2.05, 4.69) is 40.0 Å². The van der Waals surface area contributed by atoms with Gasteiger partial charge < -0.3 is 15.4 Å². The summed E-state index contributed by atoms with van der Waals surface area (Å²) in [4.78, 5) is 2.22. The first-order valence-corrected chi connectivity index (χ1v) is 6.17. The normalized spacial score (nSPS) is 10.5. The molecule has 0 aromatic heterocycles. The summed E-state index contributed by atoms with van der Waals surface area (Å²) >= 11 is 3.46. The second-order valence-corrected chi connectivity index (χ2v) is 4.66. The molecule has 2 N–H and O–H groups in total. The molecule has 4 heteroatoms. The van der Waals surface area contributed by atoms with E-state index in [1.54, 1.807) is 7.11 Å². The summed E-state index contributed by atoms with van der Waals surface area (Å²) in [5.74, 6) is 0. The Balaban J connectivity index is 2.70. The molecule has 1 aromatic carbocycles. The Kier molecular flexibility index (Phi) is 5.80. The molecule has 90 valence electrons. The monoisotopic (exact) mass is 286 g/mol. The molecule has 0 aliphatic carbocycles. The van der Waals surface area contributed by atoms with Gasteiger partial charge in [0.15, 0.2) is 0 Å². The molecule has 0 atom stereocenters. The summed E-state index contributed by atoms with van der Waals surface area (Å²) in [5.41, 5.74) is 8.10. The lowest BCUT2D eigenvalue weighted by molar-refractivity contribution is 0.196. The van der Waals surface area contributed by atoms with Gasteiger partial charge in [-0.15, -0.1) is 0 Å². The van der Waals surface area contributed by atoms with Crippen molar-refractivity contribution in [3.05, 3.63) is 28.2 Å². The van der Waals surface area contributed by atoms with Crippen LogP contribution in [0.3, 0.4) is 0 Å². The molecule has 0 spiro atoms. The fourth-order valence-electron chi connectivity index (χ4n) is 1.66. The Morgan fingerprint density at radius 2 is 2.19 bits per heavy atom. The molecule has 0 aliphatic heterocycles. The highest BCUT2D eigenvalue weighted by molar-refractivity contribution is 9.10. The highest BCUT2D eigenvalue weighted by atomic mass is 79.9. The van der Waals surface area contributed by atoms with E-state index in [0.717, 1.165) is 29.6 Å². The van der Waals surface area contributed by atoms with Crippen molar-refractivity contribution in [2.24, 2.45) is 5.73 Å². The van der Waals surface area contributed by atoms with Crippen LogP contribution in [0, 0.1) is 0 Å². The lowest BCUT2D eigenvalue weighted by atomic mass is 10.1. The van der Waals surface area contributed by atoms with Crippen LogP contribution in [0.2, 0.25) is 0 Å². The molecule has 0 radical (unpaired) electrons. The van der Waals surface area contributed by atoms with E-state index in [0.29, 0.717) is 6.54 Å². The number of halogens is 1. The van der Waals surface area contributed by atoms with Crippen LogP contribution in [0.4, 0.5) is 5.69 Å². The van der Waals surface area contributed by atoms with E-state index in [1.807, 2.05) is 6.07 Å². The van der Waals surface area contributed by atoms with E-state index in [-0.39, 0.29) is 0 Å². The van der Waals surface area contributed by atoms with E-state index < -0.39 is 0 Å². The molecule has 3 nitrogen and oxygen atoms in total. The zero-order valence-corrected chi connectivity index (χ0v) is 11.5. The van der Waals surface area contributed by atoms with Gasteiger partial charge in [0.1, 0.15) is 0 Å². The van der Waals surface area contributed by atoms with Crippen molar-refractivity contribution in [3.63, 3.8) is 0 Å². The Morgan fingerprint density at radius 1 is 1.44 bits per heavy atom. The van der Waals surface area contributed by atoms with Gasteiger partial charge in [0, 0.05) is 44.0 Å². The number of ether oxygens (including phenoxy) is 1. The number of nitrogens with zero attached hydrogens (tertiary/aromatic N) is 1. The molecule has 0 bridgehead atoms. The van der Waals surface area contributed by atoms with E-state index >= 15 is 0 Å². The van der Waals surface area contributed by atoms with Gasteiger partial charge in [-0.3, -0.25) is 0 Å². The molecule has 1 rings (SSSR count). The minimum absolute atomic E-state index is 0.559. The van der Waals surface area contributed by atoms with Gasteiger partial charge in [0.05, 0.1) is 0 Å². The van der Waals surface area contributed by atoms with Crippen LogP contribution in [0.15, 0.2) is 22.7 Å². The van der Waals surface area contributed by atoms with Gasteiger partial charge in [-0.2, -0.15) is 0 Å². The standard InChI is InChI=1S/C12H19BrN2O/c1-15(6-3-7-16-2)12-5-4-11(13)8-10(12)9-14/h4-5,8H,3,6-7,9,14H2,1-2H3. The Labute approximate surface area is 106 Å². The third-order valence-corrected chi connectivity index (χ3v) is 3.01. The van der Waals surface area contributed by atoms with E-state index in [4.69, 9.17) is 10.5 Å². The number of rotatable bonds is 6. The van der Waals surface area contributed by atoms with Crippen LogP contribution in [0.5, 0.6) is 0 Å². The molecule has 0 amide bonds. The Bertz CT molecular complexity index is 331. The van der Waals surface area contributed by atoms with Gasteiger partial charge in [-0.25, -0.2) is 0 Å². The minimum atomic E-state index is 0.559. The zero-order chi connectivity index (χ0) is 12.0. The Morgan fingerprint density at radius 3 is 2.81 bits per heavy atom. The fraction of sp³-hybridized carbons (Fsp3) is 0.500. The third-order valence-electron chi connectivity index (χ3n) is 2.51. The maximum atomic E-state index is 5.74. The van der Waals surface area contributed by atoms with Crippen molar-refractivity contribution in [2.45, 2.75) is 13.0 Å². The van der Waals surface area contributed by atoms with Crippen LogP contribution in [-0.2, 0) is 11.3 Å². The van der Waals surface area contributed by atoms with Crippen molar-refractivity contribution in [1.29, 1.82) is 0 Å². The topological polar surface area (TPSA) is 38.5 Å². The van der Waals surface area contributed by atoms with Gasteiger partial charge >= 0.3 is 0 Å². The Hall–Kier alpha value is -0.580. The van der Waals surface area contributed by atoms with Crippen LogP contribution in [0.1, 0.15) is 12.0 Å². The summed E-state index contributed by atoms with van der Waals surface area (Å²) in [6.07, 6.45) is 1.02. The van der Waals surface area contributed by atoms with Gasteiger partial charge in [-0.1, -0.05) is 15.9 Å². The maximum absolute atomic E-state index is 5.74. The van der Waals surface area contributed by atoms with Crippen molar-refractivity contribution in [3.8, 4) is 0 Å². The predicted molar refractivity (Wildman–Crippen MR) is 71.8 cm³/mol. The summed E-state index contributed by atoms with van der Waals surface area (Å²) in [6.45, 7) is 2.32. The molecule has 0 unspecified atom stereocenters. The number of methoxy groups -OCH3 is 1. The van der Waals surface area contributed by atoms with Crippen LogP contribution >= 0.6 is 15.9 Å². The van der Waals surface area contributed by atoms with Crippen molar-refractivity contribution >= 4 is 21.6 Å². The quantitative estimate of drug-likeness (QED) is 0.816. The second-order valence-electron chi connectivity index (χ2n) is 3.75. The first-order valence-electron chi connectivity index (χ1n) is 5.37. The van der Waals surface area contributed by atoms with Crippen molar-refractivity contribution < 1.29 is 4.74 Å². The molecule has 0 heterocycles. The first kappa shape index (κ1) is 13.5. The maximum Gasteiger partial charge on any atom is 0.0479 e. The summed E-state index contributed by atoms with van der Waals surface area (Å²) in [5, 5.41) is 0. The van der Waals surface area contributed by atoms with E-state index in [9.17, 15) is 0 Å². The van der Waals surface area contributed by atoms with Crippen molar-refractivity contribution in [2.75, 3.05) is 32.2 Å². The second kappa shape index (κ2) is 6.89. The molecule has 0 fully saturated rings. The van der Waals surface area contributed by atoms with Crippen LogP contribution in [-0.4, -0.2) is 27.3 Å². The minimum Gasteiger partial charge on any atom is -0.385 e. The molecule has 1 aromatic rings. The van der Waals surface area contributed by atoms with Crippen LogP contribution < -0.4 is 10.6 Å². The first-order chi connectivity index (χ1) is 7.69. The number of hydrogen-bond acceptors (Lipinski definition) is 3. The van der Waals surface area contributed by atoms with Gasteiger partial charge in [0.2, 0.25) is 0 Å². The third kappa shape index (κ3) is 3.77.